The second-order valence-corrected chi connectivity index (χ2v) is 5.85. The number of alkyl halides is 1. The first kappa shape index (κ1) is 14.0. The Balaban J connectivity index is 2.48. The first-order valence-corrected chi connectivity index (χ1v) is 7.12. The first-order valence-electron chi connectivity index (χ1n) is 5.03. The summed E-state index contributed by atoms with van der Waals surface area (Å²) in [6.07, 6.45) is 0. The van der Waals surface area contributed by atoms with Gasteiger partial charge in [0.05, 0.1) is 9.30 Å². The van der Waals surface area contributed by atoms with E-state index in [9.17, 15) is 8.78 Å². The molecule has 0 fully saturated rings. The van der Waals surface area contributed by atoms with Crippen LogP contribution in [0.2, 0.25) is 5.02 Å². The smallest absolute Gasteiger partial charge is 0.137 e. The summed E-state index contributed by atoms with van der Waals surface area (Å²) in [6.45, 7) is 0. The van der Waals surface area contributed by atoms with E-state index in [1.165, 1.54) is 12.1 Å². The monoisotopic (exact) mass is 394 g/mol. The third-order valence-corrected chi connectivity index (χ3v) is 4.41. The Labute approximate surface area is 125 Å². The van der Waals surface area contributed by atoms with Crippen LogP contribution < -0.4 is 0 Å². The lowest BCUT2D eigenvalue weighted by atomic mass is 10.0. The maximum Gasteiger partial charge on any atom is 0.137 e. The number of halogens is 5. The highest BCUT2D eigenvalue weighted by Gasteiger charge is 2.18. The molecule has 0 aliphatic heterocycles. The molecule has 1 atom stereocenters. The lowest BCUT2D eigenvalue weighted by Crippen LogP contribution is -1.98. The van der Waals surface area contributed by atoms with Gasteiger partial charge in [0.1, 0.15) is 11.6 Å². The van der Waals surface area contributed by atoms with E-state index in [4.69, 9.17) is 11.6 Å². The van der Waals surface area contributed by atoms with Crippen molar-refractivity contribution < 1.29 is 8.78 Å². The van der Waals surface area contributed by atoms with Gasteiger partial charge < -0.3 is 0 Å². The predicted octanol–water partition coefficient (Wildman–Crippen LogP) is 5.87. The second kappa shape index (κ2) is 5.68. The van der Waals surface area contributed by atoms with Crippen LogP contribution in [0.25, 0.3) is 0 Å². The summed E-state index contributed by atoms with van der Waals surface area (Å²) >= 11 is 12.5. The largest absolute Gasteiger partial charge is 0.207 e. The molecule has 0 saturated heterocycles. The van der Waals surface area contributed by atoms with Crippen LogP contribution in [0.3, 0.4) is 0 Å². The molecule has 1 unspecified atom stereocenters. The van der Waals surface area contributed by atoms with Crippen LogP contribution >= 0.6 is 43.5 Å². The first-order chi connectivity index (χ1) is 8.50. The maximum atomic E-state index is 13.8. The van der Waals surface area contributed by atoms with Gasteiger partial charge in [-0.25, -0.2) is 8.78 Å². The Morgan fingerprint density at radius 3 is 2.39 bits per heavy atom. The van der Waals surface area contributed by atoms with Gasteiger partial charge in [0, 0.05) is 10.6 Å². The van der Waals surface area contributed by atoms with Gasteiger partial charge in [-0.15, -0.1) is 0 Å². The van der Waals surface area contributed by atoms with E-state index >= 15 is 0 Å². The van der Waals surface area contributed by atoms with Crippen molar-refractivity contribution in [2.24, 2.45) is 0 Å². The van der Waals surface area contributed by atoms with Crippen molar-refractivity contribution in [2.75, 3.05) is 0 Å². The molecule has 0 spiro atoms. The van der Waals surface area contributed by atoms with Gasteiger partial charge in [-0.05, 0) is 45.8 Å². The van der Waals surface area contributed by atoms with Gasteiger partial charge in [0.2, 0.25) is 0 Å². The van der Waals surface area contributed by atoms with Crippen molar-refractivity contribution in [1.82, 2.24) is 0 Å². The van der Waals surface area contributed by atoms with Gasteiger partial charge >= 0.3 is 0 Å². The molecule has 5 heteroatoms. The zero-order valence-corrected chi connectivity index (χ0v) is 12.9. The van der Waals surface area contributed by atoms with E-state index in [1.54, 1.807) is 24.3 Å². The van der Waals surface area contributed by atoms with Crippen LogP contribution in [-0.2, 0) is 0 Å². The summed E-state index contributed by atoms with van der Waals surface area (Å²) in [5, 5.41) is 0.331. The fourth-order valence-electron chi connectivity index (χ4n) is 1.59. The minimum Gasteiger partial charge on any atom is -0.207 e. The van der Waals surface area contributed by atoms with Gasteiger partial charge in [0.25, 0.3) is 0 Å². The van der Waals surface area contributed by atoms with E-state index in [2.05, 4.69) is 31.9 Å². The molecule has 0 aromatic heterocycles. The van der Waals surface area contributed by atoms with Gasteiger partial charge in [-0.3, -0.25) is 0 Å². The summed E-state index contributed by atoms with van der Waals surface area (Å²) in [7, 11) is 0. The third kappa shape index (κ3) is 2.76. The molecule has 2 aromatic rings. The van der Waals surface area contributed by atoms with Crippen molar-refractivity contribution in [3.05, 3.63) is 68.7 Å². The number of hydrogen-bond acceptors (Lipinski definition) is 0. The zero-order chi connectivity index (χ0) is 13.3. The molecule has 0 heterocycles. The van der Waals surface area contributed by atoms with Gasteiger partial charge in [-0.2, -0.15) is 0 Å². The number of rotatable bonds is 2. The summed E-state index contributed by atoms with van der Waals surface area (Å²) < 4.78 is 27.3. The van der Waals surface area contributed by atoms with Crippen LogP contribution in [0, 0.1) is 11.6 Å². The van der Waals surface area contributed by atoms with Crippen LogP contribution in [0.4, 0.5) is 8.78 Å². The van der Waals surface area contributed by atoms with E-state index in [-0.39, 0.29) is 5.82 Å². The van der Waals surface area contributed by atoms with E-state index in [0.29, 0.717) is 15.1 Å². The van der Waals surface area contributed by atoms with Crippen LogP contribution in [0.5, 0.6) is 0 Å². The third-order valence-electron chi connectivity index (χ3n) is 2.49. The molecule has 0 bridgehead atoms. The number of benzene rings is 2. The molecule has 0 aliphatic carbocycles. The van der Waals surface area contributed by atoms with Crippen molar-refractivity contribution in [3.8, 4) is 0 Å². The standard InChI is InChI=1S/C13H7Br2ClF2/c14-8-6-7(4-5-10(8)17)13(15)12-9(16)2-1-3-11(12)18/h1-6,13H. The quantitative estimate of drug-likeness (QED) is 0.558. The molecule has 0 saturated carbocycles. The molecular weight excluding hydrogens is 389 g/mol. The minimum absolute atomic E-state index is 0.330. The Morgan fingerprint density at radius 2 is 1.78 bits per heavy atom. The highest BCUT2D eigenvalue weighted by atomic mass is 79.9. The Kier molecular flexibility index (Phi) is 4.41. The molecule has 94 valence electrons. The molecule has 2 rings (SSSR count). The summed E-state index contributed by atoms with van der Waals surface area (Å²) in [4.78, 5) is -0.428. The zero-order valence-electron chi connectivity index (χ0n) is 8.93. The molecular formula is C13H7Br2ClF2. The second-order valence-electron chi connectivity index (χ2n) is 3.67. The Morgan fingerprint density at radius 1 is 1.06 bits per heavy atom. The topological polar surface area (TPSA) is 0 Å². The normalized spacial score (nSPS) is 12.5. The Hall–Kier alpha value is -0.450. The molecule has 0 aliphatic rings. The van der Waals surface area contributed by atoms with Gasteiger partial charge in [0.15, 0.2) is 0 Å². The minimum atomic E-state index is -0.428. The molecule has 0 amide bonds. The average Bonchev–Trinajstić information content (AvgIpc) is 2.32. The maximum absolute atomic E-state index is 13.8. The highest BCUT2D eigenvalue weighted by molar-refractivity contribution is 9.10. The van der Waals surface area contributed by atoms with Crippen molar-refractivity contribution in [3.63, 3.8) is 0 Å². The summed E-state index contributed by atoms with van der Waals surface area (Å²) in [5.41, 5.74) is 1.06. The van der Waals surface area contributed by atoms with Crippen molar-refractivity contribution in [1.29, 1.82) is 0 Å². The van der Waals surface area contributed by atoms with Crippen LogP contribution in [0.1, 0.15) is 16.0 Å². The van der Waals surface area contributed by atoms with Crippen LogP contribution in [-0.4, -0.2) is 0 Å². The lowest BCUT2D eigenvalue weighted by molar-refractivity contribution is 0.612. The Bertz CT molecular complexity index is 567. The van der Waals surface area contributed by atoms with Crippen molar-refractivity contribution in [2.45, 2.75) is 4.83 Å². The predicted molar refractivity (Wildman–Crippen MR) is 76.3 cm³/mol. The average molecular weight is 396 g/mol. The van der Waals surface area contributed by atoms with Crippen LogP contribution in [0.15, 0.2) is 40.9 Å². The van der Waals surface area contributed by atoms with Gasteiger partial charge in [-0.1, -0.05) is 39.7 Å². The fourth-order valence-corrected chi connectivity index (χ4v) is 3.14. The highest BCUT2D eigenvalue weighted by Crippen LogP contribution is 2.37. The van der Waals surface area contributed by atoms with E-state index < -0.39 is 10.6 Å². The SMILES string of the molecule is Fc1ccc(C(Br)c2c(F)cccc2Cl)cc1Br. The van der Waals surface area contributed by atoms with E-state index in [0.717, 1.165) is 5.56 Å². The number of hydrogen-bond donors (Lipinski definition) is 0. The van der Waals surface area contributed by atoms with E-state index in [1.807, 2.05) is 0 Å². The lowest BCUT2D eigenvalue weighted by Gasteiger charge is -2.14. The molecule has 18 heavy (non-hydrogen) atoms. The molecule has 2 aromatic carbocycles. The summed E-state index contributed by atoms with van der Waals surface area (Å²) in [6, 6.07) is 9.00. The molecule has 0 nitrogen and oxygen atoms in total. The van der Waals surface area contributed by atoms with Crippen molar-refractivity contribution >= 4 is 43.5 Å². The summed E-state index contributed by atoms with van der Waals surface area (Å²) in [5.74, 6) is -0.761. The fraction of sp³-hybridized carbons (Fsp3) is 0.0769. The molecule has 0 N–H and O–H groups in total. The molecule has 0 radical (unpaired) electrons.